The molecule has 3 rings (SSSR count). The second kappa shape index (κ2) is 8.62. The van der Waals surface area contributed by atoms with Gasteiger partial charge in [0.1, 0.15) is 0 Å². The van der Waals surface area contributed by atoms with Crippen LogP contribution in [0.5, 0.6) is 0 Å². The van der Waals surface area contributed by atoms with E-state index in [1.54, 1.807) is 6.20 Å². The zero-order chi connectivity index (χ0) is 17.5. The number of rotatable bonds is 5. The SMILES string of the molecule is C[C@@H](CNC(=O)N1CCN(Cc2cccnc2)CC1)c1ccccc1. The smallest absolute Gasteiger partial charge is 0.317 e. The van der Waals surface area contributed by atoms with E-state index in [0.29, 0.717) is 12.5 Å². The Morgan fingerprint density at radius 2 is 1.88 bits per heavy atom. The van der Waals surface area contributed by atoms with E-state index in [0.717, 1.165) is 32.7 Å². The van der Waals surface area contributed by atoms with Gasteiger partial charge in [0.15, 0.2) is 0 Å². The largest absolute Gasteiger partial charge is 0.337 e. The highest BCUT2D eigenvalue weighted by atomic mass is 16.2. The summed E-state index contributed by atoms with van der Waals surface area (Å²) in [7, 11) is 0. The van der Waals surface area contributed by atoms with Gasteiger partial charge in [0.05, 0.1) is 0 Å². The Morgan fingerprint density at radius 3 is 2.56 bits per heavy atom. The number of hydrogen-bond acceptors (Lipinski definition) is 3. The molecule has 2 heterocycles. The van der Waals surface area contributed by atoms with Gasteiger partial charge in [0.2, 0.25) is 0 Å². The molecule has 0 spiro atoms. The van der Waals surface area contributed by atoms with E-state index in [1.165, 1.54) is 11.1 Å². The number of carbonyl (C=O) groups excluding carboxylic acids is 1. The number of nitrogens with one attached hydrogen (secondary N) is 1. The van der Waals surface area contributed by atoms with E-state index in [-0.39, 0.29) is 6.03 Å². The third kappa shape index (κ3) is 5.03. The van der Waals surface area contributed by atoms with Crippen LogP contribution in [0.1, 0.15) is 24.0 Å². The molecule has 0 saturated carbocycles. The molecule has 2 aromatic rings. The molecule has 25 heavy (non-hydrogen) atoms. The molecule has 1 aliphatic heterocycles. The molecule has 0 aliphatic carbocycles. The summed E-state index contributed by atoms with van der Waals surface area (Å²) in [6, 6.07) is 14.4. The van der Waals surface area contributed by atoms with Crippen LogP contribution in [0.4, 0.5) is 4.79 Å². The van der Waals surface area contributed by atoms with Gasteiger partial charge in [-0.2, -0.15) is 0 Å². The first kappa shape index (κ1) is 17.4. The zero-order valence-electron chi connectivity index (χ0n) is 14.8. The minimum absolute atomic E-state index is 0.0452. The molecule has 132 valence electrons. The summed E-state index contributed by atoms with van der Waals surface area (Å²) >= 11 is 0. The quantitative estimate of drug-likeness (QED) is 0.912. The lowest BCUT2D eigenvalue weighted by molar-refractivity contribution is 0.135. The first-order valence-electron chi connectivity index (χ1n) is 8.91. The molecule has 1 N–H and O–H groups in total. The number of benzene rings is 1. The minimum Gasteiger partial charge on any atom is -0.337 e. The number of nitrogens with zero attached hydrogens (tertiary/aromatic N) is 3. The van der Waals surface area contributed by atoms with E-state index in [9.17, 15) is 4.79 Å². The number of hydrogen-bond donors (Lipinski definition) is 1. The summed E-state index contributed by atoms with van der Waals surface area (Å²) in [5.41, 5.74) is 2.47. The van der Waals surface area contributed by atoms with Crippen LogP contribution in [0.15, 0.2) is 54.9 Å². The Kier molecular flexibility index (Phi) is 6.01. The van der Waals surface area contributed by atoms with Gasteiger partial charge in [0.25, 0.3) is 0 Å². The van der Waals surface area contributed by atoms with E-state index in [1.807, 2.05) is 35.4 Å². The predicted octanol–water partition coefficient (Wildman–Crippen LogP) is 2.71. The maximum absolute atomic E-state index is 12.4. The lowest BCUT2D eigenvalue weighted by Gasteiger charge is -2.34. The summed E-state index contributed by atoms with van der Waals surface area (Å²) < 4.78 is 0. The molecule has 0 unspecified atom stereocenters. The van der Waals surface area contributed by atoms with Gasteiger partial charge >= 0.3 is 6.03 Å². The van der Waals surface area contributed by atoms with Crippen molar-refractivity contribution in [3.63, 3.8) is 0 Å². The van der Waals surface area contributed by atoms with Crippen molar-refractivity contribution in [2.24, 2.45) is 0 Å². The minimum atomic E-state index is 0.0452. The van der Waals surface area contributed by atoms with Crippen LogP contribution in [0.3, 0.4) is 0 Å². The van der Waals surface area contributed by atoms with Gasteiger partial charge < -0.3 is 10.2 Å². The molecule has 0 radical (unpaired) electrons. The van der Waals surface area contributed by atoms with Crippen molar-refractivity contribution in [1.29, 1.82) is 0 Å². The highest BCUT2D eigenvalue weighted by Crippen LogP contribution is 2.13. The lowest BCUT2D eigenvalue weighted by Crippen LogP contribution is -2.51. The van der Waals surface area contributed by atoms with Gasteiger partial charge in [-0.05, 0) is 23.1 Å². The van der Waals surface area contributed by atoms with Crippen LogP contribution in [-0.4, -0.2) is 53.5 Å². The number of carbonyl (C=O) groups is 1. The van der Waals surface area contributed by atoms with Crippen molar-refractivity contribution >= 4 is 6.03 Å². The number of pyridine rings is 1. The fourth-order valence-corrected chi connectivity index (χ4v) is 3.11. The van der Waals surface area contributed by atoms with Crippen molar-refractivity contribution in [2.45, 2.75) is 19.4 Å². The second-order valence-corrected chi connectivity index (χ2v) is 6.62. The molecule has 2 amide bonds. The van der Waals surface area contributed by atoms with Crippen molar-refractivity contribution in [2.75, 3.05) is 32.7 Å². The van der Waals surface area contributed by atoms with E-state index in [4.69, 9.17) is 0 Å². The Labute approximate surface area is 149 Å². The fraction of sp³-hybridized carbons (Fsp3) is 0.400. The van der Waals surface area contributed by atoms with Crippen LogP contribution in [0, 0.1) is 0 Å². The Hall–Kier alpha value is -2.40. The molecular formula is C20H26N4O. The predicted molar refractivity (Wildman–Crippen MR) is 99.3 cm³/mol. The van der Waals surface area contributed by atoms with E-state index < -0.39 is 0 Å². The highest BCUT2D eigenvalue weighted by Gasteiger charge is 2.21. The fourth-order valence-electron chi connectivity index (χ4n) is 3.11. The number of amides is 2. The summed E-state index contributed by atoms with van der Waals surface area (Å²) in [4.78, 5) is 20.8. The van der Waals surface area contributed by atoms with Crippen LogP contribution >= 0.6 is 0 Å². The Balaban J connectivity index is 1.41. The van der Waals surface area contributed by atoms with Crippen LogP contribution in [0.2, 0.25) is 0 Å². The highest BCUT2D eigenvalue weighted by molar-refractivity contribution is 5.74. The summed E-state index contributed by atoms with van der Waals surface area (Å²) in [5, 5.41) is 3.07. The lowest BCUT2D eigenvalue weighted by atomic mass is 10.0. The van der Waals surface area contributed by atoms with Crippen molar-refractivity contribution < 1.29 is 4.79 Å². The standard InChI is InChI=1S/C20H26N4O/c1-17(19-7-3-2-4-8-19)14-22-20(25)24-12-10-23(11-13-24)16-18-6-5-9-21-15-18/h2-9,15,17H,10-14,16H2,1H3,(H,22,25)/t17-/m0/s1. The Morgan fingerprint density at radius 1 is 1.12 bits per heavy atom. The molecular weight excluding hydrogens is 312 g/mol. The van der Waals surface area contributed by atoms with Crippen LogP contribution in [0.25, 0.3) is 0 Å². The summed E-state index contributed by atoms with van der Waals surface area (Å²) in [6.07, 6.45) is 3.70. The molecule has 1 fully saturated rings. The monoisotopic (exact) mass is 338 g/mol. The normalized spacial score (nSPS) is 16.4. The van der Waals surface area contributed by atoms with Crippen molar-refractivity contribution in [1.82, 2.24) is 20.1 Å². The average Bonchev–Trinajstić information content (AvgIpc) is 2.68. The molecule has 5 nitrogen and oxygen atoms in total. The molecule has 1 aliphatic rings. The Bertz CT molecular complexity index is 654. The summed E-state index contributed by atoms with van der Waals surface area (Å²) in [6.45, 7) is 7.04. The van der Waals surface area contributed by atoms with Gasteiger partial charge in [-0.15, -0.1) is 0 Å². The maximum Gasteiger partial charge on any atom is 0.317 e. The van der Waals surface area contributed by atoms with Gasteiger partial charge in [-0.1, -0.05) is 43.3 Å². The molecule has 1 aromatic heterocycles. The molecule has 5 heteroatoms. The third-order valence-corrected chi connectivity index (χ3v) is 4.72. The van der Waals surface area contributed by atoms with Crippen LogP contribution < -0.4 is 5.32 Å². The van der Waals surface area contributed by atoms with E-state index in [2.05, 4.69) is 40.3 Å². The molecule has 0 bridgehead atoms. The van der Waals surface area contributed by atoms with E-state index >= 15 is 0 Å². The number of piperazine rings is 1. The van der Waals surface area contributed by atoms with Gasteiger partial charge in [-0.3, -0.25) is 9.88 Å². The number of urea groups is 1. The molecule has 1 aromatic carbocycles. The van der Waals surface area contributed by atoms with Gasteiger partial charge in [-0.25, -0.2) is 4.79 Å². The number of aromatic nitrogens is 1. The first-order valence-corrected chi connectivity index (χ1v) is 8.91. The maximum atomic E-state index is 12.4. The third-order valence-electron chi connectivity index (χ3n) is 4.72. The topological polar surface area (TPSA) is 48.5 Å². The van der Waals surface area contributed by atoms with Gasteiger partial charge in [0, 0.05) is 51.7 Å². The summed E-state index contributed by atoms with van der Waals surface area (Å²) in [5.74, 6) is 0.317. The molecule has 1 saturated heterocycles. The van der Waals surface area contributed by atoms with Crippen molar-refractivity contribution in [3.05, 3.63) is 66.0 Å². The van der Waals surface area contributed by atoms with Crippen molar-refractivity contribution in [3.8, 4) is 0 Å². The zero-order valence-corrected chi connectivity index (χ0v) is 14.8. The molecule has 1 atom stereocenters. The van der Waals surface area contributed by atoms with Crippen LogP contribution in [-0.2, 0) is 6.54 Å². The average molecular weight is 338 g/mol. The first-order chi connectivity index (χ1) is 12.2. The second-order valence-electron chi connectivity index (χ2n) is 6.62.